The van der Waals surface area contributed by atoms with E-state index in [1.165, 1.54) is 30.4 Å². The fourth-order valence-corrected chi connectivity index (χ4v) is 6.20. The van der Waals surface area contributed by atoms with Crippen molar-refractivity contribution in [2.24, 2.45) is 0 Å². The fourth-order valence-electron chi connectivity index (χ4n) is 3.42. The zero-order chi connectivity index (χ0) is 22.8. The number of nitrogens with one attached hydrogen (secondary N) is 2. The molecule has 31 heavy (non-hydrogen) atoms. The van der Waals surface area contributed by atoms with E-state index in [1.807, 2.05) is 0 Å². The number of aromatic nitrogens is 1. The number of halogens is 1. The highest BCUT2D eigenvalue weighted by Gasteiger charge is 2.28. The van der Waals surface area contributed by atoms with Gasteiger partial charge in [0.05, 0.1) is 27.7 Å². The number of rotatable bonds is 8. The van der Waals surface area contributed by atoms with Crippen molar-refractivity contribution >= 4 is 44.0 Å². The Labute approximate surface area is 191 Å². The highest BCUT2D eigenvalue weighted by atomic mass is 35.5. The molecule has 3 rings (SSSR count). The number of carbonyl (C=O) groups excluding carboxylic acids is 1. The fraction of sp³-hybridized carbons (Fsp3) is 0.500. The van der Waals surface area contributed by atoms with Crippen LogP contribution in [0.15, 0.2) is 23.1 Å². The highest BCUT2D eigenvalue weighted by molar-refractivity contribution is 7.89. The molecule has 2 aromatic rings. The molecular formula is C20H26ClN3O5S2. The first-order valence-corrected chi connectivity index (χ1v) is 12.7. The van der Waals surface area contributed by atoms with Crippen LogP contribution in [0.5, 0.6) is 0 Å². The molecule has 3 N–H and O–H groups in total. The van der Waals surface area contributed by atoms with Crippen LogP contribution in [0.25, 0.3) is 10.4 Å². The van der Waals surface area contributed by atoms with Crippen LogP contribution >= 0.6 is 22.9 Å². The van der Waals surface area contributed by atoms with E-state index in [1.54, 1.807) is 19.9 Å². The van der Waals surface area contributed by atoms with Gasteiger partial charge in [-0.1, -0.05) is 41.8 Å². The average Bonchev–Trinajstić information content (AvgIpc) is 3.30. The van der Waals surface area contributed by atoms with Crippen LogP contribution in [0.4, 0.5) is 5.13 Å². The second kappa shape index (κ2) is 9.93. The Morgan fingerprint density at radius 3 is 2.68 bits per heavy atom. The van der Waals surface area contributed by atoms with Crippen molar-refractivity contribution in [3.63, 3.8) is 0 Å². The average molecular weight is 488 g/mol. The zero-order valence-electron chi connectivity index (χ0n) is 17.5. The normalized spacial score (nSPS) is 16.9. The lowest BCUT2D eigenvalue weighted by atomic mass is 10.2. The second-order valence-corrected chi connectivity index (χ2v) is 10.7. The van der Waals surface area contributed by atoms with Crippen molar-refractivity contribution in [3.05, 3.63) is 28.9 Å². The summed E-state index contributed by atoms with van der Waals surface area (Å²) in [6.45, 7) is 4.71. The molecule has 1 fully saturated rings. The molecule has 0 bridgehead atoms. The van der Waals surface area contributed by atoms with Crippen molar-refractivity contribution < 1.29 is 23.1 Å². The molecule has 1 unspecified atom stereocenters. The van der Waals surface area contributed by atoms with Gasteiger partial charge in [0, 0.05) is 6.92 Å². The summed E-state index contributed by atoms with van der Waals surface area (Å²) < 4.78 is 34.0. The SMILES string of the molecule is CC(=O)Nc1nc(C)c(-c2ccc(Cl)c(S(=O)(=O)N[C@@H](C)C(O)OC3CCCC3)c2)s1. The van der Waals surface area contributed by atoms with Crippen molar-refractivity contribution in [3.8, 4) is 10.4 Å². The molecule has 11 heteroatoms. The number of carbonyl (C=O) groups is 1. The van der Waals surface area contributed by atoms with Gasteiger partial charge in [0.25, 0.3) is 0 Å². The first-order chi connectivity index (χ1) is 14.6. The summed E-state index contributed by atoms with van der Waals surface area (Å²) >= 11 is 7.44. The van der Waals surface area contributed by atoms with E-state index in [2.05, 4.69) is 15.0 Å². The maximum Gasteiger partial charge on any atom is 0.242 e. The van der Waals surface area contributed by atoms with Gasteiger partial charge >= 0.3 is 0 Å². The number of ether oxygens (including phenoxy) is 1. The monoisotopic (exact) mass is 487 g/mol. The van der Waals surface area contributed by atoms with E-state index < -0.39 is 22.4 Å². The molecule has 0 radical (unpaired) electrons. The number of hydrogen-bond donors (Lipinski definition) is 3. The van der Waals surface area contributed by atoms with Gasteiger partial charge in [0.2, 0.25) is 15.9 Å². The van der Waals surface area contributed by atoms with Crippen molar-refractivity contribution in [2.75, 3.05) is 5.32 Å². The number of sulfonamides is 1. The Kier molecular flexibility index (Phi) is 7.72. The van der Waals surface area contributed by atoms with Crippen LogP contribution in [0.2, 0.25) is 5.02 Å². The predicted molar refractivity (Wildman–Crippen MR) is 121 cm³/mol. The van der Waals surface area contributed by atoms with Crippen molar-refractivity contribution in [1.29, 1.82) is 0 Å². The topological polar surface area (TPSA) is 118 Å². The van der Waals surface area contributed by atoms with Gasteiger partial charge in [-0.2, -0.15) is 0 Å². The third-order valence-corrected chi connectivity index (χ3v) is 8.13. The lowest BCUT2D eigenvalue weighted by Gasteiger charge is -2.24. The number of aliphatic hydroxyl groups excluding tert-OH is 1. The molecule has 170 valence electrons. The molecule has 0 spiro atoms. The van der Waals surface area contributed by atoms with Crippen molar-refractivity contribution in [1.82, 2.24) is 9.71 Å². The summed E-state index contributed by atoms with van der Waals surface area (Å²) in [5.74, 6) is -0.240. The summed E-state index contributed by atoms with van der Waals surface area (Å²) in [7, 11) is -4.03. The lowest BCUT2D eigenvalue weighted by molar-refractivity contribution is -0.144. The molecular weight excluding hydrogens is 462 g/mol. The summed E-state index contributed by atoms with van der Waals surface area (Å²) in [5.41, 5.74) is 1.26. The Bertz CT molecular complexity index is 1050. The quantitative estimate of drug-likeness (QED) is 0.489. The summed E-state index contributed by atoms with van der Waals surface area (Å²) in [5, 5.41) is 13.4. The number of hydrogen-bond acceptors (Lipinski definition) is 7. The Balaban J connectivity index is 1.81. The number of benzene rings is 1. The molecule has 1 amide bonds. The van der Waals surface area contributed by atoms with Gasteiger partial charge in [-0.25, -0.2) is 18.1 Å². The zero-order valence-corrected chi connectivity index (χ0v) is 19.9. The van der Waals surface area contributed by atoms with Gasteiger partial charge in [-0.15, -0.1) is 0 Å². The maximum atomic E-state index is 13.0. The minimum atomic E-state index is -4.03. The van der Waals surface area contributed by atoms with Gasteiger partial charge in [-0.05, 0) is 44.4 Å². The van der Waals surface area contributed by atoms with E-state index in [9.17, 15) is 18.3 Å². The van der Waals surface area contributed by atoms with E-state index in [4.69, 9.17) is 16.3 Å². The minimum Gasteiger partial charge on any atom is -0.367 e. The Morgan fingerprint density at radius 1 is 1.35 bits per heavy atom. The third-order valence-electron chi connectivity index (χ3n) is 4.97. The molecule has 0 aliphatic heterocycles. The third kappa shape index (κ3) is 6.03. The standard InChI is InChI=1S/C20H26ClN3O5S2/c1-11-18(30-20(22-11)23-13(3)25)14-8-9-16(21)17(10-14)31(27,28)24-12(2)19(26)29-15-6-4-5-7-15/h8-10,12,15,19,24,26H,4-7H2,1-3H3,(H,22,23,25)/t12-,19?/m0/s1. The number of amides is 1. The van der Waals surface area contributed by atoms with E-state index in [-0.39, 0.29) is 21.9 Å². The molecule has 1 aliphatic rings. The Morgan fingerprint density at radius 2 is 2.03 bits per heavy atom. The number of nitrogens with zero attached hydrogens (tertiary/aromatic N) is 1. The second-order valence-electron chi connectivity index (χ2n) is 7.60. The van der Waals surface area contributed by atoms with Crippen LogP contribution in [-0.2, 0) is 19.6 Å². The van der Waals surface area contributed by atoms with Gasteiger partial charge in [0.15, 0.2) is 11.4 Å². The number of thiazole rings is 1. The summed E-state index contributed by atoms with van der Waals surface area (Å²) in [6.07, 6.45) is 2.49. The van der Waals surface area contributed by atoms with Gasteiger partial charge < -0.3 is 15.2 Å². The van der Waals surface area contributed by atoms with Crippen LogP contribution in [-0.4, -0.2) is 42.9 Å². The maximum absolute atomic E-state index is 13.0. The first-order valence-electron chi connectivity index (χ1n) is 9.97. The van der Waals surface area contributed by atoms with Gasteiger partial charge in [0.1, 0.15) is 4.90 Å². The summed E-state index contributed by atoms with van der Waals surface area (Å²) in [6, 6.07) is 3.79. The number of aryl methyl sites for hydroxylation is 1. The van der Waals surface area contributed by atoms with E-state index in [0.29, 0.717) is 16.4 Å². The molecule has 1 heterocycles. The molecule has 2 atom stereocenters. The largest absolute Gasteiger partial charge is 0.367 e. The Hall–Kier alpha value is -1.56. The molecule has 1 aliphatic carbocycles. The minimum absolute atomic E-state index is 0.0545. The van der Waals surface area contributed by atoms with Crippen LogP contribution in [0.3, 0.4) is 0 Å². The van der Waals surface area contributed by atoms with E-state index in [0.717, 1.165) is 30.6 Å². The predicted octanol–water partition coefficient (Wildman–Crippen LogP) is 3.67. The number of aliphatic hydroxyl groups is 1. The van der Waals surface area contributed by atoms with Gasteiger partial charge in [-0.3, -0.25) is 4.79 Å². The first kappa shape index (κ1) is 24.1. The van der Waals surface area contributed by atoms with Crippen LogP contribution < -0.4 is 10.0 Å². The smallest absolute Gasteiger partial charge is 0.242 e. The van der Waals surface area contributed by atoms with Crippen LogP contribution in [0, 0.1) is 6.92 Å². The molecule has 0 saturated heterocycles. The summed E-state index contributed by atoms with van der Waals surface area (Å²) in [4.78, 5) is 16.2. The molecule has 1 saturated carbocycles. The molecule has 1 aromatic carbocycles. The highest BCUT2D eigenvalue weighted by Crippen LogP contribution is 2.35. The molecule has 1 aromatic heterocycles. The van der Waals surface area contributed by atoms with E-state index >= 15 is 0 Å². The van der Waals surface area contributed by atoms with Crippen LogP contribution in [0.1, 0.15) is 45.2 Å². The number of anilines is 1. The molecule has 8 nitrogen and oxygen atoms in total. The lowest BCUT2D eigenvalue weighted by Crippen LogP contribution is -2.43. The van der Waals surface area contributed by atoms with Crippen molar-refractivity contribution in [2.45, 2.75) is 69.8 Å².